The van der Waals surface area contributed by atoms with Gasteiger partial charge in [-0.25, -0.2) is 14.8 Å². The minimum atomic E-state index is -0.940. The van der Waals surface area contributed by atoms with Crippen LogP contribution in [0.4, 0.5) is 5.82 Å². The lowest BCUT2D eigenvalue weighted by atomic mass is 10.2. The van der Waals surface area contributed by atoms with Crippen LogP contribution in [-0.2, 0) is 0 Å². The van der Waals surface area contributed by atoms with E-state index >= 15 is 0 Å². The molecule has 0 aliphatic rings. The van der Waals surface area contributed by atoms with Crippen LogP contribution in [0.1, 0.15) is 21.7 Å². The molecule has 92 valence electrons. The summed E-state index contributed by atoms with van der Waals surface area (Å²) in [7, 11) is 0. The van der Waals surface area contributed by atoms with Crippen LogP contribution in [0.2, 0.25) is 0 Å². The number of thiophene rings is 1. The number of aromatic nitrogens is 2. The Balaban J connectivity index is 2.48. The third-order valence-electron chi connectivity index (χ3n) is 2.48. The molecule has 0 unspecified atom stereocenters. The number of rotatable bonds is 4. The first-order valence-corrected chi connectivity index (χ1v) is 6.11. The van der Waals surface area contributed by atoms with E-state index in [1.54, 1.807) is 6.92 Å². The van der Waals surface area contributed by atoms with E-state index in [-0.39, 0.29) is 0 Å². The Hall–Kier alpha value is -2.13. The first-order chi connectivity index (χ1) is 8.65. The number of aromatic carboxylic acids is 1. The number of aryl methyl sites for hydroxylation is 1. The Bertz CT molecular complexity index is 643. The van der Waals surface area contributed by atoms with Gasteiger partial charge in [0.05, 0.1) is 5.39 Å². The number of nitrogens with zero attached hydrogens (tertiary/aromatic N) is 2. The second-order valence-corrected chi connectivity index (χ2v) is 4.64. The van der Waals surface area contributed by atoms with E-state index in [9.17, 15) is 4.79 Å². The Morgan fingerprint density at radius 3 is 3.06 bits per heavy atom. The number of anilines is 1. The van der Waals surface area contributed by atoms with Gasteiger partial charge in [-0.1, -0.05) is 0 Å². The smallest absolute Gasteiger partial charge is 0.346 e. The number of carboxylic acid groups (broad SMARTS) is 1. The maximum atomic E-state index is 11.1. The average Bonchev–Trinajstić information content (AvgIpc) is 2.68. The van der Waals surface area contributed by atoms with Crippen LogP contribution in [0.5, 0.6) is 0 Å². The largest absolute Gasteiger partial charge is 0.477 e. The molecule has 0 fully saturated rings. The Morgan fingerprint density at radius 2 is 2.39 bits per heavy atom. The number of terminal acetylenes is 1. The summed E-state index contributed by atoms with van der Waals surface area (Å²) in [5.74, 6) is 2.22. The molecule has 0 saturated heterocycles. The number of fused-ring (bicyclic) bond motifs is 1. The number of carbonyl (C=O) groups is 1. The van der Waals surface area contributed by atoms with Crippen LogP contribution < -0.4 is 5.32 Å². The molecule has 0 aromatic carbocycles. The summed E-state index contributed by atoms with van der Waals surface area (Å²) in [5, 5.41) is 12.9. The predicted octanol–water partition coefficient (Wildman–Crippen LogP) is 2.13. The highest BCUT2D eigenvalue weighted by Gasteiger charge is 2.18. The molecule has 5 nitrogen and oxygen atoms in total. The van der Waals surface area contributed by atoms with Crippen molar-refractivity contribution >= 4 is 33.3 Å². The molecule has 0 radical (unpaired) electrons. The first-order valence-electron chi connectivity index (χ1n) is 5.30. The maximum Gasteiger partial charge on any atom is 0.346 e. The van der Waals surface area contributed by atoms with Crippen LogP contribution in [0.15, 0.2) is 6.33 Å². The van der Waals surface area contributed by atoms with Gasteiger partial charge in [-0.3, -0.25) is 0 Å². The molecule has 2 aromatic heterocycles. The van der Waals surface area contributed by atoms with Crippen LogP contribution in [0.3, 0.4) is 0 Å². The molecule has 0 atom stereocenters. The highest BCUT2D eigenvalue weighted by Crippen LogP contribution is 2.32. The highest BCUT2D eigenvalue weighted by atomic mass is 32.1. The third kappa shape index (κ3) is 2.13. The van der Waals surface area contributed by atoms with E-state index in [0.29, 0.717) is 34.1 Å². The van der Waals surface area contributed by atoms with E-state index in [1.165, 1.54) is 6.33 Å². The molecule has 0 saturated carbocycles. The maximum absolute atomic E-state index is 11.1. The van der Waals surface area contributed by atoms with Gasteiger partial charge in [0.25, 0.3) is 0 Å². The van der Waals surface area contributed by atoms with E-state index in [2.05, 4.69) is 21.2 Å². The minimum Gasteiger partial charge on any atom is -0.477 e. The van der Waals surface area contributed by atoms with E-state index in [1.807, 2.05) is 0 Å². The molecule has 0 aliphatic heterocycles. The molecule has 0 aliphatic carbocycles. The summed E-state index contributed by atoms with van der Waals surface area (Å²) in [6, 6.07) is 0. The number of nitrogens with one attached hydrogen (secondary N) is 1. The second kappa shape index (κ2) is 5.02. The molecule has 6 heteroatoms. The van der Waals surface area contributed by atoms with Crippen LogP contribution in [-0.4, -0.2) is 27.6 Å². The van der Waals surface area contributed by atoms with Crippen molar-refractivity contribution in [2.75, 3.05) is 11.9 Å². The fourth-order valence-electron chi connectivity index (χ4n) is 1.66. The van der Waals surface area contributed by atoms with Gasteiger partial charge in [0, 0.05) is 13.0 Å². The van der Waals surface area contributed by atoms with Gasteiger partial charge >= 0.3 is 5.97 Å². The van der Waals surface area contributed by atoms with Gasteiger partial charge in [0.2, 0.25) is 0 Å². The highest BCUT2D eigenvalue weighted by molar-refractivity contribution is 7.20. The standard InChI is InChI=1S/C12H11N3O2S/c1-3-4-5-13-10-8-7(2)9(12(16)17)18-11(8)15-6-14-10/h1,6H,4-5H2,2H3,(H,16,17)(H,13,14,15). The minimum absolute atomic E-state index is 0.297. The third-order valence-corrected chi connectivity index (χ3v) is 3.67. The summed E-state index contributed by atoms with van der Waals surface area (Å²) in [4.78, 5) is 20.3. The van der Waals surface area contributed by atoms with Crippen molar-refractivity contribution < 1.29 is 9.90 Å². The van der Waals surface area contributed by atoms with Gasteiger partial charge in [0.1, 0.15) is 21.9 Å². The number of hydrogen-bond donors (Lipinski definition) is 2. The van der Waals surface area contributed by atoms with Gasteiger partial charge in [0.15, 0.2) is 0 Å². The van der Waals surface area contributed by atoms with Crippen molar-refractivity contribution in [1.29, 1.82) is 0 Å². The van der Waals surface area contributed by atoms with Crippen molar-refractivity contribution in [2.45, 2.75) is 13.3 Å². The molecule has 0 spiro atoms. The van der Waals surface area contributed by atoms with Gasteiger partial charge < -0.3 is 10.4 Å². The van der Waals surface area contributed by atoms with Crippen LogP contribution in [0, 0.1) is 19.3 Å². The molecule has 2 heterocycles. The Morgan fingerprint density at radius 1 is 1.61 bits per heavy atom. The molecule has 0 amide bonds. The summed E-state index contributed by atoms with van der Waals surface area (Å²) in [6.45, 7) is 2.36. The number of carboxylic acids is 1. The second-order valence-electron chi connectivity index (χ2n) is 3.64. The van der Waals surface area contributed by atoms with E-state index in [4.69, 9.17) is 11.5 Å². The fraction of sp³-hybridized carbons (Fsp3) is 0.250. The van der Waals surface area contributed by atoms with Crippen LogP contribution >= 0.6 is 11.3 Å². The molecule has 0 bridgehead atoms. The summed E-state index contributed by atoms with van der Waals surface area (Å²) in [6.07, 6.45) is 7.18. The summed E-state index contributed by atoms with van der Waals surface area (Å²) in [5.41, 5.74) is 0.686. The van der Waals surface area contributed by atoms with Crippen molar-refractivity contribution in [3.63, 3.8) is 0 Å². The lowest BCUT2D eigenvalue weighted by Crippen LogP contribution is -2.03. The zero-order valence-electron chi connectivity index (χ0n) is 9.73. The summed E-state index contributed by atoms with van der Waals surface area (Å²) >= 11 is 1.15. The molecular weight excluding hydrogens is 250 g/mol. The lowest BCUT2D eigenvalue weighted by Gasteiger charge is -2.04. The molecule has 2 rings (SSSR count). The molecule has 2 N–H and O–H groups in total. The topological polar surface area (TPSA) is 75.1 Å². The van der Waals surface area contributed by atoms with Crippen molar-refractivity contribution in [3.05, 3.63) is 16.8 Å². The molecule has 18 heavy (non-hydrogen) atoms. The van der Waals surface area contributed by atoms with Crippen molar-refractivity contribution in [2.24, 2.45) is 0 Å². The fourth-order valence-corrected chi connectivity index (χ4v) is 2.65. The zero-order chi connectivity index (χ0) is 13.1. The Kier molecular flexibility index (Phi) is 3.44. The van der Waals surface area contributed by atoms with Gasteiger partial charge in [-0.05, 0) is 12.5 Å². The first kappa shape index (κ1) is 12.3. The molecule has 2 aromatic rings. The van der Waals surface area contributed by atoms with Gasteiger partial charge in [-0.15, -0.1) is 23.7 Å². The van der Waals surface area contributed by atoms with E-state index < -0.39 is 5.97 Å². The van der Waals surface area contributed by atoms with Crippen molar-refractivity contribution in [3.8, 4) is 12.3 Å². The molecular formula is C12H11N3O2S. The van der Waals surface area contributed by atoms with Gasteiger partial charge in [-0.2, -0.15) is 0 Å². The summed E-state index contributed by atoms with van der Waals surface area (Å²) < 4.78 is 0. The zero-order valence-corrected chi connectivity index (χ0v) is 10.5. The number of hydrogen-bond acceptors (Lipinski definition) is 5. The monoisotopic (exact) mass is 261 g/mol. The van der Waals surface area contributed by atoms with Crippen molar-refractivity contribution in [1.82, 2.24) is 9.97 Å². The van der Waals surface area contributed by atoms with Crippen LogP contribution in [0.25, 0.3) is 10.2 Å². The lowest BCUT2D eigenvalue weighted by molar-refractivity contribution is 0.0701. The average molecular weight is 261 g/mol. The van der Waals surface area contributed by atoms with E-state index in [0.717, 1.165) is 16.7 Å². The Labute approximate surface area is 108 Å². The normalized spacial score (nSPS) is 10.2. The SMILES string of the molecule is C#CCCNc1ncnc2sc(C(=O)O)c(C)c12. The predicted molar refractivity (Wildman–Crippen MR) is 71.1 cm³/mol. The quantitative estimate of drug-likeness (QED) is 0.651.